The molecular formula is C25H30F2N8O. The van der Waals surface area contributed by atoms with Gasteiger partial charge in [0.1, 0.15) is 11.6 Å². The Morgan fingerprint density at radius 1 is 1.06 bits per heavy atom. The Morgan fingerprint density at radius 3 is 2.44 bits per heavy atom. The van der Waals surface area contributed by atoms with Crippen LogP contribution in [0.4, 0.5) is 38.1 Å². The van der Waals surface area contributed by atoms with Gasteiger partial charge in [0.15, 0.2) is 11.6 Å². The number of halogens is 2. The van der Waals surface area contributed by atoms with Gasteiger partial charge in [-0.25, -0.2) is 8.78 Å². The minimum Gasteiger partial charge on any atom is -0.408 e. The molecule has 2 aromatic heterocycles. The second-order valence-corrected chi connectivity index (χ2v) is 10.7. The van der Waals surface area contributed by atoms with Crippen LogP contribution in [0.5, 0.6) is 0 Å². The molecule has 1 aromatic carbocycles. The van der Waals surface area contributed by atoms with Gasteiger partial charge in [0.05, 0.1) is 0 Å². The van der Waals surface area contributed by atoms with Gasteiger partial charge in [0, 0.05) is 62.4 Å². The van der Waals surface area contributed by atoms with E-state index in [1.807, 2.05) is 11.9 Å². The molecule has 3 aromatic rings. The maximum Gasteiger partial charge on any atom is 0.318 e. The topological polar surface area (TPSA) is 95.2 Å². The first kappa shape index (κ1) is 22.9. The van der Waals surface area contributed by atoms with Crippen LogP contribution >= 0.6 is 0 Å². The lowest BCUT2D eigenvalue weighted by Gasteiger charge is -2.37. The zero-order valence-corrected chi connectivity index (χ0v) is 20.8. The maximum atomic E-state index is 14.1. The van der Waals surface area contributed by atoms with E-state index in [0.717, 1.165) is 43.4 Å². The lowest BCUT2D eigenvalue weighted by Crippen LogP contribution is -2.48. The van der Waals surface area contributed by atoms with E-state index in [4.69, 9.17) is 14.4 Å². The predicted molar refractivity (Wildman–Crippen MR) is 133 cm³/mol. The number of aryl methyl sites for hydroxylation is 1. The van der Waals surface area contributed by atoms with Crippen LogP contribution in [0.25, 0.3) is 0 Å². The second-order valence-electron chi connectivity index (χ2n) is 10.7. The molecule has 9 nitrogen and oxygen atoms in total. The summed E-state index contributed by atoms with van der Waals surface area (Å²) >= 11 is 0. The van der Waals surface area contributed by atoms with Crippen LogP contribution in [0.2, 0.25) is 0 Å². The molecule has 2 aliphatic heterocycles. The van der Waals surface area contributed by atoms with Gasteiger partial charge in [-0.1, -0.05) is 18.9 Å². The standard InChI is InChI=1S/C25H30F2N8O/c1-13-32-33-24(36-13)34-10-14-5-6-15(11-34)20(14)29-23-30-21(28-4)19-22(31-23)35(12-25(19,2)3)16-7-8-17(26)18(27)9-16/h7-9,14-15,20H,5-6,10-12H2,1-4H3,(H2,28,29,30,31). The van der Waals surface area contributed by atoms with Crippen LogP contribution in [0.15, 0.2) is 22.6 Å². The Balaban J connectivity index is 1.31. The molecule has 1 saturated carbocycles. The number of anilines is 5. The molecule has 2 N–H and O–H groups in total. The Kier molecular flexibility index (Phi) is 5.27. The number of piperidine rings is 1. The summed E-state index contributed by atoms with van der Waals surface area (Å²) in [7, 11) is 1.84. The molecule has 4 heterocycles. The average Bonchev–Trinajstić information content (AvgIpc) is 3.46. The van der Waals surface area contributed by atoms with E-state index in [1.165, 1.54) is 6.07 Å². The quantitative estimate of drug-likeness (QED) is 0.538. The highest BCUT2D eigenvalue weighted by Crippen LogP contribution is 2.47. The van der Waals surface area contributed by atoms with Crippen LogP contribution in [0.1, 0.15) is 38.1 Å². The first-order valence-corrected chi connectivity index (χ1v) is 12.4. The van der Waals surface area contributed by atoms with Crippen molar-refractivity contribution in [2.75, 3.05) is 47.1 Å². The third-order valence-corrected chi connectivity index (χ3v) is 7.74. The fourth-order valence-electron chi connectivity index (χ4n) is 6.11. The smallest absolute Gasteiger partial charge is 0.318 e. The second kappa shape index (κ2) is 8.28. The van der Waals surface area contributed by atoms with Crippen molar-refractivity contribution in [3.05, 3.63) is 41.3 Å². The summed E-state index contributed by atoms with van der Waals surface area (Å²) in [6, 6.07) is 4.78. The molecule has 2 unspecified atom stereocenters. The van der Waals surface area contributed by atoms with Gasteiger partial charge in [-0.05, 0) is 36.8 Å². The molecule has 1 saturated heterocycles. The zero-order chi connectivity index (χ0) is 25.2. The monoisotopic (exact) mass is 496 g/mol. The van der Waals surface area contributed by atoms with Gasteiger partial charge in [-0.15, -0.1) is 5.10 Å². The largest absolute Gasteiger partial charge is 0.408 e. The van der Waals surface area contributed by atoms with Crippen LogP contribution < -0.4 is 20.4 Å². The van der Waals surface area contributed by atoms with E-state index in [1.54, 1.807) is 13.0 Å². The fraction of sp³-hybridized carbons (Fsp3) is 0.520. The molecule has 0 radical (unpaired) electrons. The predicted octanol–water partition coefficient (Wildman–Crippen LogP) is 4.24. The van der Waals surface area contributed by atoms with Crippen molar-refractivity contribution >= 4 is 29.3 Å². The SMILES string of the molecule is CNc1nc(NC2C3CCC2CN(c2nnc(C)o2)C3)nc2c1C(C)(C)CN2c1ccc(F)c(F)c1. The zero-order valence-electron chi connectivity index (χ0n) is 20.8. The van der Waals surface area contributed by atoms with Gasteiger partial charge in [-0.3, -0.25) is 0 Å². The van der Waals surface area contributed by atoms with Crippen LogP contribution in [0, 0.1) is 30.4 Å². The summed E-state index contributed by atoms with van der Waals surface area (Å²) in [6.45, 7) is 8.25. The molecule has 11 heteroatoms. The number of nitrogens with zero attached hydrogens (tertiary/aromatic N) is 6. The number of benzene rings is 1. The lowest BCUT2D eigenvalue weighted by atomic mass is 9.88. The Bertz CT molecular complexity index is 1300. The van der Waals surface area contributed by atoms with E-state index >= 15 is 0 Å². The molecule has 0 spiro atoms. The summed E-state index contributed by atoms with van der Waals surface area (Å²) in [5.41, 5.74) is 1.24. The van der Waals surface area contributed by atoms with Crippen molar-refractivity contribution in [1.29, 1.82) is 0 Å². The van der Waals surface area contributed by atoms with Crippen molar-refractivity contribution in [2.45, 2.75) is 45.1 Å². The van der Waals surface area contributed by atoms with Crippen molar-refractivity contribution in [3.8, 4) is 0 Å². The van der Waals surface area contributed by atoms with Crippen LogP contribution in [-0.4, -0.2) is 52.9 Å². The molecule has 190 valence electrons. The van der Waals surface area contributed by atoms with E-state index in [0.29, 0.717) is 47.7 Å². The minimum atomic E-state index is -0.875. The average molecular weight is 497 g/mol. The highest BCUT2D eigenvalue weighted by molar-refractivity contribution is 5.75. The van der Waals surface area contributed by atoms with Crippen LogP contribution in [-0.2, 0) is 5.41 Å². The summed E-state index contributed by atoms with van der Waals surface area (Å²) in [4.78, 5) is 13.9. The number of aromatic nitrogens is 4. The fourth-order valence-corrected chi connectivity index (χ4v) is 6.11. The highest BCUT2D eigenvalue weighted by Gasteiger charge is 2.45. The van der Waals surface area contributed by atoms with E-state index in [2.05, 4.69) is 39.6 Å². The minimum absolute atomic E-state index is 0.221. The van der Waals surface area contributed by atoms with Crippen molar-refractivity contribution in [3.63, 3.8) is 0 Å². The summed E-state index contributed by atoms with van der Waals surface area (Å²) in [6.07, 6.45) is 2.20. The number of fused-ring (bicyclic) bond motifs is 3. The molecule has 1 aliphatic carbocycles. The van der Waals surface area contributed by atoms with E-state index in [-0.39, 0.29) is 11.5 Å². The maximum absolute atomic E-state index is 14.1. The molecule has 36 heavy (non-hydrogen) atoms. The third kappa shape index (κ3) is 3.72. The van der Waals surface area contributed by atoms with Gasteiger partial charge in [0.25, 0.3) is 0 Å². The summed E-state index contributed by atoms with van der Waals surface area (Å²) < 4.78 is 33.4. The summed E-state index contributed by atoms with van der Waals surface area (Å²) in [5, 5.41) is 15.0. The van der Waals surface area contributed by atoms with Gasteiger partial charge in [-0.2, -0.15) is 9.97 Å². The normalized spacial score (nSPS) is 24.2. The molecule has 6 rings (SSSR count). The Morgan fingerprint density at radius 2 is 1.81 bits per heavy atom. The van der Waals surface area contributed by atoms with E-state index in [9.17, 15) is 8.78 Å². The molecule has 2 fully saturated rings. The van der Waals surface area contributed by atoms with Gasteiger partial charge < -0.3 is 24.9 Å². The number of rotatable bonds is 5. The van der Waals surface area contributed by atoms with Crippen molar-refractivity contribution < 1.29 is 13.2 Å². The molecular weight excluding hydrogens is 466 g/mol. The first-order valence-electron chi connectivity index (χ1n) is 12.4. The third-order valence-electron chi connectivity index (χ3n) is 7.74. The van der Waals surface area contributed by atoms with Crippen LogP contribution in [0.3, 0.4) is 0 Å². The number of hydrogen-bond donors (Lipinski definition) is 2. The number of hydrogen-bond acceptors (Lipinski definition) is 9. The first-order chi connectivity index (χ1) is 17.2. The van der Waals surface area contributed by atoms with Gasteiger partial charge >= 0.3 is 6.01 Å². The molecule has 2 atom stereocenters. The van der Waals surface area contributed by atoms with Gasteiger partial charge in [0.2, 0.25) is 11.8 Å². The molecule has 0 amide bonds. The number of nitrogens with one attached hydrogen (secondary N) is 2. The summed E-state index contributed by atoms with van der Waals surface area (Å²) in [5.74, 6) is 1.59. The Labute approximate surface area is 208 Å². The van der Waals surface area contributed by atoms with E-state index < -0.39 is 11.6 Å². The van der Waals surface area contributed by atoms with Crippen molar-refractivity contribution in [1.82, 2.24) is 20.2 Å². The highest BCUT2D eigenvalue weighted by atomic mass is 19.2. The Hall–Kier alpha value is -3.50. The van der Waals surface area contributed by atoms with Crippen molar-refractivity contribution in [2.24, 2.45) is 11.8 Å². The lowest BCUT2D eigenvalue weighted by molar-refractivity contribution is 0.357. The molecule has 3 aliphatic rings. The molecule has 2 bridgehead atoms.